The molecule has 1 amide bonds. The number of likely N-dealkylation sites (N-methyl/N-ethyl adjacent to an activating group) is 1. The van der Waals surface area contributed by atoms with Crippen LogP contribution < -0.4 is 5.32 Å². The van der Waals surface area contributed by atoms with E-state index in [1.807, 2.05) is 42.3 Å². The maximum Gasteiger partial charge on any atom is 0.407 e. The Bertz CT molecular complexity index is 520. The molecule has 0 saturated carbocycles. The smallest absolute Gasteiger partial charge is 0.407 e. The van der Waals surface area contributed by atoms with Crippen LogP contribution in [0.25, 0.3) is 0 Å². The molecule has 0 aliphatic carbocycles. The van der Waals surface area contributed by atoms with Gasteiger partial charge in [0.1, 0.15) is 6.61 Å². The molecule has 6 heteroatoms. The molecule has 1 aromatic rings. The normalized spacial score (nSPS) is 22.0. The van der Waals surface area contributed by atoms with Crippen molar-refractivity contribution in [2.45, 2.75) is 31.4 Å². The summed E-state index contributed by atoms with van der Waals surface area (Å²) < 4.78 is 5.21. The highest BCUT2D eigenvalue weighted by atomic mass is 16.5. The Hall–Kier alpha value is -2.08. The molecular formula is C16H22N2O4. The number of carbonyl (C=O) groups is 2. The van der Waals surface area contributed by atoms with Crippen LogP contribution in [0.3, 0.4) is 0 Å². The van der Waals surface area contributed by atoms with Crippen LogP contribution in [0, 0.1) is 0 Å². The molecule has 1 unspecified atom stereocenters. The average molecular weight is 306 g/mol. The molecule has 0 aromatic heterocycles. The first kappa shape index (κ1) is 16.3. The highest BCUT2D eigenvalue weighted by Crippen LogP contribution is 2.24. The Morgan fingerprint density at radius 2 is 2.09 bits per heavy atom. The minimum atomic E-state index is -0.918. The Labute approximate surface area is 130 Å². The second-order valence-electron chi connectivity index (χ2n) is 5.88. The van der Waals surface area contributed by atoms with Gasteiger partial charge in [0.15, 0.2) is 0 Å². The topological polar surface area (TPSA) is 78.9 Å². The van der Waals surface area contributed by atoms with Crippen molar-refractivity contribution in [3.05, 3.63) is 35.9 Å². The summed E-state index contributed by atoms with van der Waals surface area (Å²) in [6.07, 6.45) is 0.824. The van der Waals surface area contributed by atoms with Gasteiger partial charge in [-0.15, -0.1) is 0 Å². The lowest BCUT2D eigenvalue weighted by molar-refractivity contribution is -0.139. The lowest BCUT2D eigenvalue weighted by Crippen LogP contribution is -2.58. The van der Waals surface area contributed by atoms with Crippen molar-refractivity contribution in [2.24, 2.45) is 0 Å². The largest absolute Gasteiger partial charge is 0.481 e. The number of hydrogen-bond acceptors (Lipinski definition) is 4. The Balaban J connectivity index is 1.94. The van der Waals surface area contributed by atoms with Crippen LogP contribution in [0.1, 0.15) is 24.8 Å². The summed E-state index contributed by atoms with van der Waals surface area (Å²) in [4.78, 5) is 25.2. The molecule has 1 atom stereocenters. The SMILES string of the molecule is CN1CCCC(CC(=O)O)(NC(=O)OCc2ccccc2)C1. The summed E-state index contributed by atoms with van der Waals surface area (Å²) in [5, 5.41) is 11.9. The first-order chi connectivity index (χ1) is 10.5. The molecule has 0 spiro atoms. The molecule has 1 aliphatic rings. The third-order valence-electron chi connectivity index (χ3n) is 3.84. The van der Waals surface area contributed by atoms with E-state index < -0.39 is 17.6 Å². The first-order valence-corrected chi connectivity index (χ1v) is 7.38. The molecule has 0 bridgehead atoms. The third-order valence-corrected chi connectivity index (χ3v) is 3.84. The summed E-state index contributed by atoms with van der Waals surface area (Å²) in [5.41, 5.74) is 0.137. The van der Waals surface area contributed by atoms with E-state index in [0.29, 0.717) is 13.0 Å². The van der Waals surface area contributed by atoms with Crippen LogP contribution in [0.4, 0.5) is 4.79 Å². The highest BCUT2D eigenvalue weighted by molar-refractivity contribution is 5.73. The zero-order valence-corrected chi connectivity index (χ0v) is 12.7. The van der Waals surface area contributed by atoms with Gasteiger partial charge >= 0.3 is 12.1 Å². The molecule has 2 rings (SSSR count). The number of carboxylic acids is 1. The molecule has 120 valence electrons. The number of ether oxygens (including phenoxy) is 1. The highest BCUT2D eigenvalue weighted by Gasteiger charge is 2.38. The number of hydrogen-bond donors (Lipinski definition) is 2. The van der Waals surface area contributed by atoms with Crippen LogP contribution in [-0.4, -0.2) is 47.7 Å². The lowest BCUT2D eigenvalue weighted by Gasteiger charge is -2.40. The second kappa shape index (κ2) is 7.26. The molecule has 1 saturated heterocycles. The van der Waals surface area contributed by atoms with Crippen molar-refractivity contribution in [1.29, 1.82) is 0 Å². The van der Waals surface area contributed by atoms with E-state index in [-0.39, 0.29) is 13.0 Å². The number of piperidine rings is 1. The number of nitrogens with zero attached hydrogens (tertiary/aromatic N) is 1. The van der Waals surface area contributed by atoms with Gasteiger partial charge < -0.3 is 20.1 Å². The fourth-order valence-electron chi connectivity index (χ4n) is 2.92. The predicted octanol–water partition coefficient (Wildman–Crippen LogP) is 1.85. The Morgan fingerprint density at radius 3 is 2.73 bits per heavy atom. The quantitative estimate of drug-likeness (QED) is 0.868. The maximum atomic E-state index is 12.0. The number of alkyl carbamates (subject to hydrolysis) is 1. The van der Waals surface area contributed by atoms with Gasteiger partial charge in [-0.2, -0.15) is 0 Å². The van der Waals surface area contributed by atoms with Crippen molar-refractivity contribution in [2.75, 3.05) is 20.1 Å². The first-order valence-electron chi connectivity index (χ1n) is 7.38. The molecule has 0 radical (unpaired) electrons. The van der Waals surface area contributed by atoms with Crippen molar-refractivity contribution in [3.8, 4) is 0 Å². The van der Waals surface area contributed by atoms with Gasteiger partial charge in [0.25, 0.3) is 0 Å². The van der Waals surface area contributed by atoms with Crippen LogP contribution in [0.5, 0.6) is 0 Å². The van der Waals surface area contributed by atoms with Crippen molar-refractivity contribution < 1.29 is 19.4 Å². The Morgan fingerprint density at radius 1 is 1.36 bits per heavy atom. The van der Waals surface area contributed by atoms with Crippen LogP contribution in [0.2, 0.25) is 0 Å². The third kappa shape index (κ3) is 4.73. The molecule has 22 heavy (non-hydrogen) atoms. The van der Waals surface area contributed by atoms with E-state index in [0.717, 1.165) is 18.5 Å². The summed E-state index contributed by atoms with van der Waals surface area (Å²) in [6.45, 7) is 1.59. The minimum Gasteiger partial charge on any atom is -0.481 e. The van der Waals surface area contributed by atoms with Crippen LogP contribution in [0.15, 0.2) is 30.3 Å². The molecular weight excluding hydrogens is 284 g/mol. The van der Waals surface area contributed by atoms with Crippen molar-refractivity contribution in [3.63, 3.8) is 0 Å². The number of carboxylic acid groups (broad SMARTS) is 1. The number of benzene rings is 1. The van der Waals surface area contributed by atoms with Gasteiger partial charge in [0.2, 0.25) is 0 Å². The standard InChI is InChI=1S/C16H22N2O4/c1-18-9-5-8-16(12-18,10-14(19)20)17-15(21)22-11-13-6-3-2-4-7-13/h2-4,6-7H,5,8-12H2,1H3,(H,17,21)(H,19,20). The molecule has 2 N–H and O–H groups in total. The van der Waals surface area contributed by atoms with E-state index in [2.05, 4.69) is 5.32 Å². The monoisotopic (exact) mass is 306 g/mol. The van der Waals surface area contributed by atoms with Crippen LogP contribution >= 0.6 is 0 Å². The van der Waals surface area contributed by atoms with Crippen molar-refractivity contribution in [1.82, 2.24) is 10.2 Å². The average Bonchev–Trinajstić information content (AvgIpc) is 2.45. The molecule has 6 nitrogen and oxygen atoms in total. The van der Waals surface area contributed by atoms with Gasteiger partial charge in [-0.1, -0.05) is 30.3 Å². The van der Waals surface area contributed by atoms with Crippen molar-refractivity contribution >= 4 is 12.1 Å². The van der Waals surface area contributed by atoms with E-state index in [1.165, 1.54) is 0 Å². The fraction of sp³-hybridized carbons (Fsp3) is 0.500. The second-order valence-corrected chi connectivity index (χ2v) is 5.88. The number of nitrogens with one attached hydrogen (secondary N) is 1. The summed E-state index contributed by atoms with van der Waals surface area (Å²) in [6, 6.07) is 9.38. The zero-order valence-electron chi connectivity index (χ0n) is 12.7. The zero-order chi connectivity index (χ0) is 16.0. The summed E-state index contributed by atoms with van der Waals surface area (Å²) in [5.74, 6) is -0.918. The summed E-state index contributed by atoms with van der Waals surface area (Å²) >= 11 is 0. The molecule has 1 aliphatic heterocycles. The van der Waals surface area contributed by atoms with Gasteiger partial charge in [0.05, 0.1) is 12.0 Å². The van der Waals surface area contributed by atoms with E-state index in [9.17, 15) is 9.59 Å². The number of carbonyl (C=O) groups excluding carboxylic acids is 1. The van der Waals surface area contributed by atoms with Gasteiger partial charge in [-0.25, -0.2) is 4.79 Å². The number of amides is 1. The van der Waals surface area contributed by atoms with E-state index in [4.69, 9.17) is 9.84 Å². The lowest BCUT2D eigenvalue weighted by atomic mass is 9.86. The van der Waals surface area contributed by atoms with Gasteiger partial charge in [0, 0.05) is 6.54 Å². The minimum absolute atomic E-state index is 0.0994. The van der Waals surface area contributed by atoms with Gasteiger partial charge in [-0.05, 0) is 32.0 Å². The maximum absolute atomic E-state index is 12.0. The van der Waals surface area contributed by atoms with Crippen LogP contribution in [-0.2, 0) is 16.1 Å². The predicted molar refractivity (Wildman–Crippen MR) is 81.5 cm³/mol. The Kier molecular flexibility index (Phi) is 5.38. The number of aliphatic carboxylic acids is 1. The fourth-order valence-corrected chi connectivity index (χ4v) is 2.92. The number of rotatable bonds is 5. The van der Waals surface area contributed by atoms with E-state index >= 15 is 0 Å². The number of likely N-dealkylation sites (tertiary alicyclic amines) is 1. The summed E-state index contributed by atoms with van der Waals surface area (Å²) in [7, 11) is 1.92. The van der Waals surface area contributed by atoms with Gasteiger partial charge in [-0.3, -0.25) is 4.79 Å². The molecule has 1 fully saturated rings. The molecule has 1 aromatic carbocycles. The van der Waals surface area contributed by atoms with E-state index in [1.54, 1.807) is 0 Å². The molecule has 1 heterocycles.